The van der Waals surface area contributed by atoms with Gasteiger partial charge in [0.1, 0.15) is 5.75 Å². The number of hydrogen-bond donors (Lipinski definition) is 2. The van der Waals surface area contributed by atoms with E-state index in [-0.39, 0.29) is 27.6 Å². The van der Waals surface area contributed by atoms with E-state index in [4.69, 9.17) is 9.84 Å². The number of carbonyl (C=O) groups is 1. The molecule has 33 heavy (non-hydrogen) atoms. The van der Waals surface area contributed by atoms with Crippen molar-refractivity contribution >= 4 is 27.0 Å². The van der Waals surface area contributed by atoms with Gasteiger partial charge in [-0.3, -0.25) is 0 Å². The number of imidazole rings is 1. The quantitative estimate of drug-likeness (QED) is 0.411. The fraction of sp³-hybridized carbons (Fsp3) is 0.105. The van der Waals surface area contributed by atoms with E-state index < -0.39 is 32.6 Å². The predicted molar refractivity (Wildman–Crippen MR) is 105 cm³/mol. The highest BCUT2D eigenvalue weighted by Crippen LogP contribution is 2.38. The Morgan fingerprint density at radius 2 is 1.85 bits per heavy atom. The second-order valence-corrected chi connectivity index (χ2v) is 8.51. The standard InChI is InChI=1S/C19H13F3N4O6S/c1-31-10-2-4-12(5-3-10)33(29,30)16-7-15-14(6-13(16)19(20,21)22)24-17(25-15)26-9-11(8-23-26)32-18(27)28/h2-9H,1H3,(H,24,25)(H,27,28). The summed E-state index contributed by atoms with van der Waals surface area (Å²) in [6.07, 6.45) is -4.38. The third-order valence-electron chi connectivity index (χ3n) is 4.52. The molecule has 0 spiro atoms. The Labute approximate surface area is 183 Å². The summed E-state index contributed by atoms with van der Waals surface area (Å²) in [5.41, 5.74) is -1.57. The fourth-order valence-electron chi connectivity index (χ4n) is 3.03. The number of ether oxygens (including phenoxy) is 2. The molecule has 0 atom stereocenters. The highest BCUT2D eigenvalue weighted by Gasteiger charge is 2.38. The van der Waals surface area contributed by atoms with Crippen LogP contribution in [0.15, 0.2) is 58.6 Å². The number of aromatic amines is 1. The molecule has 2 N–H and O–H groups in total. The molecule has 2 heterocycles. The van der Waals surface area contributed by atoms with E-state index in [0.717, 1.165) is 35.3 Å². The van der Waals surface area contributed by atoms with Crippen LogP contribution in [0.3, 0.4) is 0 Å². The van der Waals surface area contributed by atoms with Gasteiger partial charge in [0.25, 0.3) is 0 Å². The molecule has 0 saturated heterocycles. The molecule has 14 heteroatoms. The lowest BCUT2D eigenvalue weighted by Crippen LogP contribution is -2.13. The summed E-state index contributed by atoms with van der Waals surface area (Å²) in [6.45, 7) is 0. The highest BCUT2D eigenvalue weighted by molar-refractivity contribution is 7.91. The molecule has 0 bridgehead atoms. The van der Waals surface area contributed by atoms with Crippen molar-refractivity contribution in [3.05, 3.63) is 54.4 Å². The van der Waals surface area contributed by atoms with Crippen molar-refractivity contribution in [2.24, 2.45) is 0 Å². The zero-order valence-electron chi connectivity index (χ0n) is 16.5. The monoisotopic (exact) mass is 482 g/mol. The minimum absolute atomic E-state index is 0.0821. The average molecular weight is 482 g/mol. The van der Waals surface area contributed by atoms with E-state index >= 15 is 0 Å². The summed E-state index contributed by atoms with van der Waals surface area (Å²) < 4.78 is 77.9. The van der Waals surface area contributed by atoms with E-state index in [2.05, 4.69) is 19.8 Å². The summed E-state index contributed by atoms with van der Waals surface area (Å²) >= 11 is 0. The normalized spacial score (nSPS) is 12.1. The number of nitrogens with zero attached hydrogens (tertiary/aromatic N) is 3. The first-order valence-electron chi connectivity index (χ1n) is 8.95. The lowest BCUT2D eigenvalue weighted by Gasteiger charge is -2.14. The van der Waals surface area contributed by atoms with Gasteiger partial charge in [-0.1, -0.05) is 0 Å². The molecule has 10 nitrogen and oxygen atoms in total. The number of nitrogens with one attached hydrogen (secondary N) is 1. The van der Waals surface area contributed by atoms with Gasteiger partial charge in [0.15, 0.2) is 5.75 Å². The fourth-order valence-corrected chi connectivity index (χ4v) is 4.51. The first-order chi connectivity index (χ1) is 15.5. The second kappa shape index (κ2) is 7.81. The van der Waals surface area contributed by atoms with Gasteiger partial charge < -0.3 is 19.6 Å². The SMILES string of the molecule is COc1ccc(S(=O)(=O)c2cc3nc(-n4cc(OC(=O)O)cn4)[nH]c3cc2C(F)(F)F)cc1. The van der Waals surface area contributed by atoms with Gasteiger partial charge in [0.05, 0.1) is 45.9 Å². The number of hydrogen-bond acceptors (Lipinski definition) is 7. The molecule has 2 aromatic carbocycles. The largest absolute Gasteiger partial charge is 0.511 e. The third kappa shape index (κ3) is 4.19. The maximum atomic E-state index is 13.8. The molecule has 0 saturated carbocycles. The van der Waals surface area contributed by atoms with Crippen LogP contribution in [-0.2, 0) is 16.0 Å². The van der Waals surface area contributed by atoms with Crippen molar-refractivity contribution in [3.63, 3.8) is 0 Å². The van der Waals surface area contributed by atoms with Crippen molar-refractivity contribution in [2.45, 2.75) is 16.0 Å². The lowest BCUT2D eigenvalue weighted by molar-refractivity contribution is -0.139. The zero-order chi connectivity index (χ0) is 24.0. The second-order valence-electron chi connectivity index (χ2n) is 6.59. The van der Waals surface area contributed by atoms with Crippen LogP contribution in [0.25, 0.3) is 17.0 Å². The molecule has 0 unspecified atom stereocenters. The van der Waals surface area contributed by atoms with E-state index in [1.807, 2.05) is 0 Å². The lowest BCUT2D eigenvalue weighted by atomic mass is 10.2. The molecule has 0 aliphatic heterocycles. The number of aromatic nitrogens is 4. The van der Waals surface area contributed by atoms with Crippen molar-refractivity contribution in [1.29, 1.82) is 0 Å². The molecule has 4 rings (SSSR count). The summed E-state index contributed by atoms with van der Waals surface area (Å²) in [6, 6.07) is 6.38. The van der Waals surface area contributed by atoms with Crippen molar-refractivity contribution < 1.29 is 41.0 Å². The number of methoxy groups -OCH3 is 1. The smallest absolute Gasteiger partial charge is 0.497 e. The Balaban J connectivity index is 1.85. The molecular formula is C19H13F3N4O6S. The minimum Gasteiger partial charge on any atom is -0.497 e. The van der Waals surface area contributed by atoms with Gasteiger partial charge in [0, 0.05) is 0 Å². The van der Waals surface area contributed by atoms with Crippen LogP contribution in [0.1, 0.15) is 5.56 Å². The maximum Gasteiger partial charge on any atom is 0.511 e. The summed E-state index contributed by atoms with van der Waals surface area (Å²) in [7, 11) is -3.21. The Hall–Kier alpha value is -4.07. The van der Waals surface area contributed by atoms with Gasteiger partial charge in [-0.15, -0.1) is 0 Å². The van der Waals surface area contributed by atoms with Crippen LogP contribution >= 0.6 is 0 Å². The van der Waals surface area contributed by atoms with Crippen molar-refractivity contribution in [3.8, 4) is 17.4 Å². The Morgan fingerprint density at radius 1 is 1.15 bits per heavy atom. The van der Waals surface area contributed by atoms with Crippen LogP contribution in [0.2, 0.25) is 0 Å². The molecule has 4 aromatic rings. The summed E-state index contributed by atoms with van der Waals surface area (Å²) in [4.78, 5) is 16.0. The summed E-state index contributed by atoms with van der Waals surface area (Å²) in [5, 5.41) is 12.5. The molecule has 0 aliphatic rings. The van der Waals surface area contributed by atoms with Gasteiger partial charge >= 0.3 is 12.3 Å². The molecule has 0 radical (unpaired) electrons. The van der Waals surface area contributed by atoms with Crippen molar-refractivity contribution in [2.75, 3.05) is 7.11 Å². The molecular weight excluding hydrogens is 469 g/mol. The van der Waals surface area contributed by atoms with Gasteiger partial charge in [-0.2, -0.15) is 18.3 Å². The van der Waals surface area contributed by atoms with Gasteiger partial charge in [-0.25, -0.2) is 22.9 Å². The number of fused-ring (bicyclic) bond motifs is 1. The average Bonchev–Trinajstić information content (AvgIpc) is 3.38. The van der Waals surface area contributed by atoms with Crippen LogP contribution in [0.4, 0.5) is 18.0 Å². The number of carboxylic acid groups (broad SMARTS) is 1. The molecule has 0 fully saturated rings. The first kappa shape index (κ1) is 22.1. The van der Waals surface area contributed by atoms with E-state index in [9.17, 15) is 26.4 Å². The van der Waals surface area contributed by atoms with E-state index in [0.29, 0.717) is 11.8 Å². The zero-order valence-corrected chi connectivity index (χ0v) is 17.3. The molecule has 172 valence electrons. The molecule has 0 aliphatic carbocycles. The highest BCUT2D eigenvalue weighted by atomic mass is 32.2. The van der Waals surface area contributed by atoms with E-state index in [1.165, 1.54) is 19.2 Å². The van der Waals surface area contributed by atoms with Gasteiger partial charge in [0.2, 0.25) is 15.8 Å². The predicted octanol–water partition coefficient (Wildman–Crippen LogP) is 3.67. The third-order valence-corrected chi connectivity index (χ3v) is 6.33. The minimum atomic E-state index is -4.98. The maximum absolute atomic E-state index is 13.8. The number of rotatable bonds is 5. The Kier molecular flexibility index (Phi) is 5.24. The number of H-pyrrole nitrogens is 1. The Morgan fingerprint density at radius 3 is 2.45 bits per heavy atom. The van der Waals surface area contributed by atoms with Crippen LogP contribution in [-0.4, -0.2) is 46.5 Å². The van der Waals surface area contributed by atoms with Crippen LogP contribution in [0, 0.1) is 0 Å². The topological polar surface area (TPSA) is 136 Å². The van der Waals surface area contributed by atoms with Gasteiger partial charge in [-0.05, 0) is 36.4 Å². The molecule has 0 amide bonds. The number of sulfone groups is 1. The number of benzene rings is 2. The summed E-state index contributed by atoms with van der Waals surface area (Å²) in [5.74, 6) is 0.0990. The van der Waals surface area contributed by atoms with Crippen LogP contribution in [0.5, 0.6) is 11.5 Å². The van der Waals surface area contributed by atoms with Crippen molar-refractivity contribution in [1.82, 2.24) is 19.7 Å². The van der Waals surface area contributed by atoms with Crippen LogP contribution < -0.4 is 9.47 Å². The number of halogens is 3. The van der Waals surface area contributed by atoms with E-state index in [1.54, 1.807) is 0 Å². The first-order valence-corrected chi connectivity index (χ1v) is 10.4. The number of alkyl halides is 3. The molecule has 2 aromatic heterocycles. The Bertz CT molecular complexity index is 1460.